The molecule has 0 unspecified atom stereocenters. The van der Waals surface area contributed by atoms with Crippen molar-refractivity contribution in [3.05, 3.63) is 48.6 Å². The van der Waals surface area contributed by atoms with Crippen LogP contribution in [0.25, 0.3) is 0 Å². The van der Waals surface area contributed by atoms with Gasteiger partial charge in [-0.05, 0) is 44.9 Å². The van der Waals surface area contributed by atoms with Gasteiger partial charge in [-0.15, -0.1) is 0 Å². The van der Waals surface area contributed by atoms with E-state index in [9.17, 15) is 19.8 Å². The van der Waals surface area contributed by atoms with Crippen molar-refractivity contribution in [2.45, 2.75) is 161 Å². The van der Waals surface area contributed by atoms with E-state index in [0.717, 1.165) is 38.5 Å². The maximum Gasteiger partial charge on any atom is 0.305 e. The van der Waals surface area contributed by atoms with Gasteiger partial charge < -0.3 is 19.7 Å². The SMILES string of the molecule is CCCCC/C=C\C[C@@H](O)/C=C/C=C\C/C=C\CCCC(=O)OC[C@@H](O)COC(=O)CCCCCCCCCCCCC. The lowest BCUT2D eigenvalue weighted by molar-refractivity contribution is -0.152. The molecule has 43 heavy (non-hydrogen) atoms. The molecule has 0 aromatic rings. The Kier molecular flexibility index (Phi) is 31.1. The van der Waals surface area contributed by atoms with E-state index < -0.39 is 12.2 Å². The third kappa shape index (κ3) is 32.6. The van der Waals surface area contributed by atoms with Crippen molar-refractivity contribution in [1.29, 1.82) is 0 Å². The van der Waals surface area contributed by atoms with Gasteiger partial charge in [0, 0.05) is 12.8 Å². The van der Waals surface area contributed by atoms with Gasteiger partial charge >= 0.3 is 11.9 Å². The summed E-state index contributed by atoms with van der Waals surface area (Å²) in [6.45, 7) is 4.12. The summed E-state index contributed by atoms with van der Waals surface area (Å²) in [6.07, 6.45) is 36.2. The fourth-order valence-corrected chi connectivity index (χ4v) is 4.45. The Labute approximate surface area is 263 Å². The zero-order valence-electron chi connectivity index (χ0n) is 27.6. The van der Waals surface area contributed by atoms with Crippen LogP contribution in [0.3, 0.4) is 0 Å². The highest BCUT2D eigenvalue weighted by atomic mass is 16.6. The molecule has 0 aromatic heterocycles. The molecular weight excluding hydrogens is 540 g/mol. The van der Waals surface area contributed by atoms with Crippen molar-refractivity contribution < 1.29 is 29.3 Å². The minimum absolute atomic E-state index is 0.148. The van der Waals surface area contributed by atoms with E-state index in [0.29, 0.717) is 19.3 Å². The zero-order chi connectivity index (χ0) is 31.6. The van der Waals surface area contributed by atoms with Crippen LogP contribution in [0.5, 0.6) is 0 Å². The third-order valence-electron chi connectivity index (χ3n) is 7.15. The molecule has 0 aliphatic rings. The second-order valence-electron chi connectivity index (χ2n) is 11.5. The molecule has 0 amide bonds. The molecule has 0 radical (unpaired) electrons. The second-order valence-corrected chi connectivity index (χ2v) is 11.5. The van der Waals surface area contributed by atoms with Crippen LogP contribution >= 0.6 is 0 Å². The van der Waals surface area contributed by atoms with E-state index in [1.54, 1.807) is 6.08 Å². The summed E-state index contributed by atoms with van der Waals surface area (Å²) < 4.78 is 10.2. The van der Waals surface area contributed by atoms with Crippen LogP contribution in [0.1, 0.15) is 149 Å². The van der Waals surface area contributed by atoms with Crippen LogP contribution in [-0.2, 0) is 19.1 Å². The van der Waals surface area contributed by atoms with Crippen molar-refractivity contribution in [3.8, 4) is 0 Å². The van der Waals surface area contributed by atoms with Crippen LogP contribution in [0.4, 0.5) is 0 Å². The fourth-order valence-electron chi connectivity index (χ4n) is 4.45. The number of aliphatic hydroxyl groups is 2. The quantitative estimate of drug-likeness (QED) is 0.0367. The van der Waals surface area contributed by atoms with E-state index >= 15 is 0 Å². The first-order valence-electron chi connectivity index (χ1n) is 17.3. The molecule has 6 heteroatoms. The summed E-state index contributed by atoms with van der Waals surface area (Å²) in [7, 11) is 0. The second kappa shape index (κ2) is 32.7. The molecule has 0 saturated carbocycles. The standard InChI is InChI=1S/C37H64O6/c1-3-5-7-9-11-12-13-14-18-22-26-30-36(40)42-32-35(39)33-43-37(41)31-27-23-19-16-15-17-21-25-29-34(38)28-24-20-10-8-6-4-2/h16-17,19-21,24-25,29,34-35,38-39H,3-15,18,22-23,26-28,30-33H2,1-2H3/b19-16-,21-17-,24-20-,29-25+/t34-,35+/m1/s1. The molecule has 0 bridgehead atoms. The number of carbonyl (C=O) groups is 2. The molecule has 0 aromatic carbocycles. The van der Waals surface area contributed by atoms with Gasteiger partial charge in [0.15, 0.2) is 0 Å². The van der Waals surface area contributed by atoms with Gasteiger partial charge in [0.25, 0.3) is 0 Å². The molecule has 2 N–H and O–H groups in total. The van der Waals surface area contributed by atoms with Crippen molar-refractivity contribution in [1.82, 2.24) is 0 Å². The number of carbonyl (C=O) groups excluding carboxylic acids is 2. The maximum absolute atomic E-state index is 11.9. The van der Waals surface area contributed by atoms with Gasteiger partial charge in [-0.1, -0.05) is 140 Å². The van der Waals surface area contributed by atoms with Crippen molar-refractivity contribution in [3.63, 3.8) is 0 Å². The van der Waals surface area contributed by atoms with E-state index in [1.807, 2.05) is 36.5 Å². The number of hydrogen-bond donors (Lipinski definition) is 2. The maximum atomic E-state index is 11.9. The third-order valence-corrected chi connectivity index (χ3v) is 7.15. The largest absolute Gasteiger partial charge is 0.463 e. The summed E-state index contributed by atoms with van der Waals surface area (Å²) in [5.74, 6) is -0.670. The number of rotatable bonds is 30. The Morgan fingerprint density at radius 2 is 1.09 bits per heavy atom. The number of ether oxygens (including phenoxy) is 2. The highest BCUT2D eigenvalue weighted by molar-refractivity contribution is 5.69. The van der Waals surface area contributed by atoms with Gasteiger partial charge in [-0.3, -0.25) is 9.59 Å². The van der Waals surface area contributed by atoms with E-state index in [4.69, 9.17) is 9.47 Å². The fraction of sp³-hybridized carbons (Fsp3) is 0.730. The average Bonchev–Trinajstić information content (AvgIpc) is 3.00. The lowest BCUT2D eigenvalue weighted by Crippen LogP contribution is -2.25. The van der Waals surface area contributed by atoms with Crippen molar-refractivity contribution in [2.24, 2.45) is 0 Å². The molecular formula is C37H64O6. The number of hydrogen-bond acceptors (Lipinski definition) is 6. The van der Waals surface area contributed by atoms with Gasteiger partial charge in [0.05, 0.1) is 6.10 Å². The molecule has 2 atom stereocenters. The number of aliphatic hydroxyl groups excluding tert-OH is 2. The average molecular weight is 605 g/mol. The van der Waals surface area contributed by atoms with Gasteiger partial charge in [-0.25, -0.2) is 0 Å². The molecule has 0 aliphatic carbocycles. The van der Waals surface area contributed by atoms with Gasteiger partial charge in [-0.2, -0.15) is 0 Å². The molecule has 0 fully saturated rings. The monoisotopic (exact) mass is 604 g/mol. The Hall–Kier alpha value is -2.18. The lowest BCUT2D eigenvalue weighted by atomic mass is 10.1. The predicted octanol–water partition coefficient (Wildman–Crippen LogP) is 9.25. The smallest absolute Gasteiger partial charge is 0.305 e. The summed E-state index contributed by atoms with van der Waals surface area (Å²) in [6, 6.07) is 0. The minimum atomic E-state index is -1.00. The van der Waals surface area contributed by atoms with Crippen LogP contribution in [0, 0.1) is 0 Å². The number of esters is 2. The minimum Gasteiger partial charge on any atom is -0.463 e. The van der Waals surface area contributed by atoms with Crippen molar-refractivity contribution in [2.75, 3.05) is 13.2 Å². The normalized spacial score (nSPS) is 13.5. The topological polar surface area (TPSA) is 93.1 Å². The Morgan fingerprint density at radius 3 is 1.72 bits per heavy atom. The van der Waals surface area contributed by atoms with Crippen molar-refractivity contribution >= 4 is 11.9 Å². The van der Waals surface area contributed by atoms with E-state index in [2.05, 4.69) is 19.9 Å². The van der Waals surface area contributed by atoms with Crippen LogP contribution < -0.4 is 0 Å². The van der Waals surface area contributed by atoms with Gasteiger partial charge in [0.1, 0.15) is 19.3 Å². The zero-order valence-corrected chi connectivity index (χ0v) is 27.6. The molecule has 0 spiro atoms. The van der Waals surface area contributed by atoms with Crippen LogP contribution in [-0.4, -0.2) is 47.6 Å². The predicted molar refractivity (Wildman–Crippen MR) is 179 cm³/mol. The molecule has 0 saturated heterocycles. The molecule has 0 aliphatic heterocycles. The summed E-state index contributed by atoms with van der Waals surface area (Å²) in [4.78, 5) is 23.8. The lowest BCUT2D eigenvalue weighted by Gasteiger charge is -2.12. The van der Waals surface area contributed by atoms with Crippen LogP contribution in [0.15, 0.2) is 48.6 Å². The molecule has 0 heterocycles. The Morgan fingerprint density at radius 1 is 0.581 bits per heavy atom. The van der Waals surface area contributed by atoms with E-state index in [-0.39, 0.29) is 31.6 Å². The summed E-state index contributed by atoms with van der Waals surface area (Å²) in [5, 5.41) is 19.9. The number of unbranched alkanes of at least 4 members (excludes halogenated alkanes) is 14. The highest BCUT2D eigenvalue weighted by Gasteiger charge is 2.12. The molecule has 0 rings (SSSR count). The number of allylic oxidation sites excluding steroid dienone is 6. The van der Waals surface area contributed by atoms with Crippen LogP contribution in [0.2, 0.25) is 0 Å². The Balaban J connectivity index is 3.65. The molecule has 248 valence electrons. The van der Waals surface area contributed by atoms with E-state index in [1.165, 1.54) is 70.6 Å². The molecule has 6 nitrogen and oxygen atoms in total. The summed E-state index contributed by atoms with van der Waals surface area (Å²) >= 11 is 0. The van der Waals surface area contributed by atoms with Gasteiger partial charge in [0.2, 0.25) is 0 Å². The summed E-state index contributed by atoms with van der Waals surface area (Å²) in [5.41, 5.74) is 0. The first-order chi connectivity index (χ1) is 21.0. The first kappa shape index (κ1) is 40.8. The Bertz CT molecular complexity index is 754. The highest BCUT2D eigenvalue weighted by Crippen LogP contribution is 2.12. The first-order valence-corrected chi connectivity index (χ1v) is 17.3.